The Morgan fingerprint density at radius 1 is 1.00 bits per heavy atom. The SMILES string of the molecule is C[C@H](Oc1cccc2ccccc12)C(=O)Nc1ccc(I)cc1. The van der Waals surface area contributed by atoms with Crippen molar-refractivity contribution in [3.05, 3.63) is 70.3 Å². The van der Waals surface area contributed by atoms with Crippen molar-refractivity contribution in [3.8, 4) is 5.75 Å². The van der Waals surface area contributed by atoms with Crippen LogP contribution in [0.2, 0.25) is 0 Å². The van der Waals surface area contributed by atoms with E-state index >= 15 is 0 Å². The summed E-state index contributed by atoms with van der Waals surface area (Å²) in [5.74, 6) is 0.549. The summed E-state index contributed by atoms with van der Waals surface area (Å²) >= 11 is 2.23. The lowest BCUT2D eigenvalue weighted by Gasteiger charge is -2.16. The fourth-order valence-electron chi connectivity index (χ4n) is 2.32. The topological polar surface area (TPSA) is 38.3 Å². The molecule has 1 amide bonds. The number of halogens is 1. The van der Waals surface area contributed by atoms with Gasteiger partial charge in [-0.1, -0.05) is 36.4 Å². The average Bonchev–Trinajstić information content (AvgIpc) is 2.57. The highest BCUT2D eigenvalue weighted by Gasteiger charge is 2.16. The third kappa shape index (κ3) is 3.82. The van der Waals surface area contributed by atoms with Crippen LogP contribution in [0.15, 0.2) is 66.7 Å². The highest BCUT2D eigenvalue weighted by molar-refractivity contribution is 14.1. The van der Waals surface area contributed by atoms with Gasteiger partial charge in [-0.05, 0) is 65.2 Å². The van der Waals surface area contributed by atoms with E-state index in [9.17, 15) is 4.79 Å². The van der Waals surface area contributed by atoms with Crippen molar-refractivity contribution in [2.75, 3.05) is 5.32 Å². The number of nitrogens with one attached hydrogen (secondary N) is 1. The summed E-state index contributed by atoms with van der Waals surface area (Å²) in [5.41, 5.74) is 0.767. The van der Waals surface area contributed by atoms with Crippen LogP contribution in [0.5, 0.6) is 5.75 Å². The summed E-state index contributed by atoms with van der Waals surface area (Å²) in [4.78, 5) is 12.3. The van der Waals surface area contributed by atoms with Gasteiger partial charge in [0.1, 0.15) is 5.75 Å². The lowest BCUT2D eigenvalue weighted by Crippen LogP contribution is -2.30. The molecule has 3 aromatic carbocycles. The Kier molecular flexibility index (Phi) is 4.81. The average molecular weight is 417 g/mol. The van der Waals surface area contributed by atoms with Crippen molar-refractivity contribution in [1.82, 2.24) is 0 Å². The Morgan fingerprint density at radius 2 is 1.70 bits per heavy atom. The summed E-state index contributed by atoms with van der Waals surface area (Å²) in [5, 5.41) is 4.97. The van der Waals surface area contributed by atoms with Gasteiger partial charge in [-0.2, -0.15) is 0 Å². The summed E-state index contributed by atoms with van der Waals surface area (Å²) in [6, 6.07) is 21.5. The van der Waals surface area contributed by atoms with E-state index in [-0.39, 0.29) is 5.91 Å². The lowest BCUT2D eigenvalue weighted by atomic mass is 10.1. The van der Waals surface area contributed by atoms with Crippen LogP contribution in [0.4, 0.5) is 5.69 Å². The molecule has 3 rings (SSSR count). The van der Waals surface area contributed by atoms with Gasteiger partial charge < -0.3 is 10.1 Å². The van der Waals surface area contributed by atoms with Crippen molar-refractivity contribution in [2.24, 2.45) is 0 Å². The number of rotatable bonds is 4. The first-order valence-corrected chi connectivity index (χ1v) is 8.42. The minimum absolute atomic E-state index is 0.167. The van der Waals surface area contributed by atoms with Crippen LogP contribution in [0.1, 0.15) is 6.92 Å². The number of fused-ring (bicyclic) bond motifs is 1. The highest BCUT2D eigenvalue weighted by atomic mass is 127. The van der Waals surface area contributed by atoms with E-state index in [0.717, 1.165) is 20.0 Å². The van der Waals surface area contributed by atoms with Crippen molar-refractivity contribution in [2.45, 2.75) is 13.0 Å². The molecule has 0 bridgehead atoms. The normalized spacial score (nSPS) is 11.9. The van der Waals surface area contributed by atoms with Crippen LogP contribution in [0, 0.1) is 3.57 Å². The second-order valence-corrected chi connectivity index (χ2v) is 6.48. The molecule has 116 valence electrons. The predicted molar refractivity (Wildman–Crippen MR) is 102 cm³/mol. The summed E-state index contributed by atoms with van der Waals surface area (Å²) in [7, 11) is 0. The van der Waals surface area contributed by atoms with E-state index in [1.165, 1.54) is 0 Å². The third-order valence-corrected chi connectivity index (χ3v) is 4.25. The van der Waals surface area contributed by atoms with Crippen molar-refractivity contribution < 1.29 is 9.53 Å². The molecule has 0 aliphatic carbocycles. The number of ether oxygens (including phenoxy) is 1. The quantitative estimate of drug-likeness (QED) is 0.617. The molecule has 0 aliphatic rings. The van der Waals surface area contributed by atoms with Crippen LogP contribution >= 0.6 is 22.6 Å². The van der Waals surface area contributed by atoms with E-state index in [4.69, 9.17) is 4.74 Å². The largest absolute Gasteiger partial charge is 0.480 e. The zero-order valence-electron chi connectivity index (χ0n) is 12.6. The first-order chi connectivity index (χ1) is 11.1. The molecule has 23 heavy (non-hydrogen) atoms. The minimum atomic E-state index is -0.583. The minimum Gasteiger partial charge on any atom is -0.480 e. The van der Waals surface area contributed by atoms with Crippen molar-refractivity contribution >= 4 is 45.0 Å². The second kappa shape index (κ2) is 7.00. The maximum atomic E-state index is 12.3. The van der Waals surface area contributed by atoms with E-state index in [0.29, 0.717) is 5.75 Å². The number of hydrogen-bond acceptors (Lipinski definition) is 2. The van der Waals surface area contributed by atoms with Crippen LogP contribution in [0.25, 0.3) is 10.8 Å². The molecule has 0 saturated carbocycles. The molecular formula is C19H16INO2. The Bertz CT molecular complexity index is 825. The molecule has 0 fully saturated rings. The number of carbonyl (C=O) groups is 1. The van der Waals surface area contributed by atoms with Gasteiger partial charge in [0.15, 0.2) is 6.10 Å². The van der Waals surface area contributed by atoms with Crippen LogP contribution in [-0.4, -0.2) is 12.0 Å². The zero-order valence-corrected chi connectivity index (χ0v) is 14.8. The first kappa shape index (κ1) is 15.8. The number of amides is 1. The number of hydrogen-bond donors (Lipinski definition) is 1. The maximum Gasteiger partial charge on any atom is 0.265 e. The molecule has 0 aliphatic heterocycles. The predicted octanol–water partition coefficient (Wildman–Crippen LogP) is 4.85. The van der Waals surface area contributed by atoms with Gasteiger partial charge in [0, 0.05) is 14.6 Å². The molecule has 1 atom stereocenters. The highest BCUT2D eigenvalue weighted by Crippen LogP contribution is 2.26. The van der Waals surface area contributed by atoms with Crippen LogP contribution in [0.3, 0.4) is 0 Å². The van der Waals surface area contributed by atoms with Gasteiger partial charge in [0.05, 0.1) is 0 Å². The summed E-state index contributed by atoms with van der Waals surface area (Å²) in [6.45, 7) is 1.75. The van der Waals surface area contributed by atoms with Crippen molar-refractivity contribution in [1.29, 1.82) is 0 Å². The Morgan fingerprint density at radius 3 is 2.48 bits per heavy atom. The summed E-state index contributed by atoms with van der Waals surface area (Å²) < 4.78 is 7.00. The monoisotopic (exact) mass is 417 g/mol. The number of anilines is 1. The van der Waals surface area contributed by atoms with Crippen molar-refractivity contribution in [3.63, 3.8) is 0 Å². The van der Waals surface area contributed by atoms with Gasteiger partial charge in [0.2, 0.25) is 0 Å². The second-order valence-electron chi connectivity index (χ2n) is 5.23. The molecule has 4 heteroatoms. The fraction of sp³-hybridized carbons (Fsp3) is 0.105. The van der Waals surface area contributed by atoms with E-state index in [1.807, 2.05) is 66.7 Å². The molecule has 3 aromatic rings. The third-order valence-electron chi connectivity index (χ3n) is 3.53. The number of benzene rings is 3. The molecule has 0 heterocycles. The maximum absolute atomic E-state index is 12.3. The molecule has 3 nitrogen and oxygen atoms in total. The van der Waals surface area contributed by atoms with E-state index in [1.54, 1.807) is 6.92 Å². The van der Waals surface area contributed by atoms with Gasteiger partial charge in [-0.15, -0.1) is 0 Å². The molecule has 0 saturated heterocycles. The van der Waals surface area contributed by atoms with Crippen LogP contribution in [-0.2, 0) is 4.79 Å². The smallest absolute Gasteiger partial charge is 0.265 e. The first-order valence-electron chi connectivity index (χ1n) is 7.34. The van der Waals surface area contributed by atoms with Gasteiger partial charge >= 0.3 is 0 Å². The van der Waals surface area contributed by atoms with Gasteiger partial charge in [-0.25, -0.2) is 0 Å². The van der Waals surface area contributed by atoms with Gasteiger partial charge in [0.25, 0.3) is 5.91 Å². The van der Waals surface area contributed by atoms with E-state index in [2.05, 4.69) is 27.9 Å². The Labute approximate surface area is 148 Å². The Hall–Kier alpha value is -2.08. The molecule has 0 aromatic heterocycles. The standard InChI is InChI=1S/C19H16INO2/c1-13(19(22)21-16-11-9-15(20)10-12-16)23-18-8-4-6-14-5-2-3-7-17(14)18/h2-13H,1H3,(H,21,22)/t13-/m0/s1. The number of carbonyl (C=O) groups excluding carboxylic acids is 1. The van der Waals surface area contributed by atoms with Crippen LogP contribution < -0.4 is 10.1 Å². The molecule has 0 spiro atoms. The molecule has 1 N–H and O–H groups in total. The lowest BCUT2D eigenvalue weighted by molar-refractivity contribution is -0.122. The summed E-state index contributed by atoms with van der Waals surface area (Å²) in [6.07, 6.45) is -0.583. The molecule has 0 radical (unpaired) electrons. The van der Waals surface area contributed by atoms with E-state index < -0.39 is 6.10 Å². The fourth-order valence-corrected chi connectivity index (χ4v) is 2.68. The molecule has 0 unspecified atom stereocenters. The van der Waals surface area contributed by atoms with Gasteiger partial charge in [-0.3, -0.25) is 4.79 Å². The Balaban J connectivity index is 1.73. The molecular weight excluding hydrogens is 401 g/mol. The zero-order chi connectivity index (χ0) is 16.2.